The molecule has 0 heterocycles. The number of thiocarbonyl (C=S) groups is 1. The quantitative estimate of drug-likeness (QED) is 0.660. The Bertz CT molecular complexity index is 460. The molecule has 20 heavy (non-hydrogen) atoms. The molecule has 1 aromatic rings. The topological polar surface area (TPSA) is 41.1 Å². The van der Waals surface area contributed by atoms with Crippen LogP contribution in [-0.4, -0.2) is 17.6 Å². The molecular weight excluding hydrogens is 268 g/mol. The SMILES string of the molecule is CCCCNC(=S)NC(=O)c1ccc(C(C)(C)C)cc1. The number of nitrogens with one attached hydrogen (secondary N) is 2. The van der Waals surface area contributed by atoms with E-state index >= 15 is 0 Å². The normalized spacial score (nSPS) is 11.0. The van der Waals surface area contributed by atoms with Crippen LogP contribution in [-0.2, 0) is 5.41 Å². The molecule has 0 unspecified atom stereocenters. The zero-order chi connectivity index (χ0) is 15.2. The van der Waals surface area contributed by atoms with Crippen LogP contribution in [0.15, 0.2) is 24.3 Å². The van der Waals surface area contributed by atoms with E-state index in [0.29, 0.717) is 10.7 Å². The molecule has 0 aliphatic heterocycles. The third kappa shape index (κ3) is 5.29. The van der Waals surface area contributed by atoms with Crippen LogP contribution in [0.5, 0.6) is 0 Å². The van der Waals surface area contributed by atoms with Crippen molar-refractivity contribution in [3.05, 3.63) is 35.4 Å². The number of hydrogen-bond donors (Lipinski definition) is 2. The first-order valence-electron chi connectivity index (χ1n) is 7.04. The Balaban J connectivity index is 2.58. The Morgan fingerprint density at radius 2 is 1.80 bits per heavy atom. The smallest absolute Gasteiger partial charge is 0.257 e. The average Bonchev–Trinajstić information content (AvgIpc) is 2.38. The number of carbonyl (C=O) groups excluding carboxylic acids is 1. The van der Waals surface area contributed by atoms with Crippen molar-refractivity contribution in [2.45, 2.75) is 46.0 Å². The lowest BCUT2D eigenvalue weighted by Crippen LogP contribution is -2.39. The highest BCUT2D eigenvalue weighted by Crippen LogP contribution is 2.22. The van der Waals surface area contributed by atoms with Gasteiger partial charge in [-0.3, -0.25) is 10.1 Å². The molecule has 0 aliphatic rings. The first kappa shape index (κ1) is 16.6. The molecule has 1 aromatic carbocycles. The first-order valence-corrected chi connectivity index (χ1v) is 7.45. The highest BCUT2D eigenvalue weighted by molar-refractivity contribution is 7.80. The molecule has 110 valence electrons. The fourth-order valence-electron chi connectivity index (χ4n) is 1.72. The molecule has 0 radical (unpaired) electrons. The van der Waals surface area contributed by atoms with Gasteiger partial charge in [-0.05, 0) is 41.7 Å². The van der Waals surface area contributed by atoms with Crippen LogP contribution in [0, 0.1) is 0 Å². The maximum Gasteiger partial charge on any atom is 0.257 e. The van der Waals surface area contributed by atoms with Crippen LogP contribution in [0.2, 0.25) is 0 Å². The van der Waals surface area contributed by atoms with E-state index in [-0.39, 0.29) is 11.3 Å². The standard InChI is InChI=1S/C16H24N2OS/c1-5-6-11-17-15(20)18-14(19)12-7-9-13(10-8-12)16(2,3)4/h7-10H,5-6,11H2,1-4H3,(H2,17,18,19,20). The van der Waals surface area contributed by atoms with Crippen molar-refractivity contribution < 1.29 is 4.79 Å². The molecule has 0 saturated heterocycles. The summed E-state index contributed by atoms with van der Waals surface area (Å²) >= 11 is 5.09. The van der Waals surface area contributed by atoms with Crippen molar-refractivity contribution in [2.75, 3.05) is 6.54 Å². The molecule has 0 aromatic heterocycles. The van der Waals surface area contributed by atoms with E-state index in [1.807, 2.05) is 24.3 Å². The molecule has 0 spiro atoms. The minimum absolute atomic E-state index is 0.0893. The van der Waals surface area contributed by atoms with Gasteiger partial charge in [0.1, 0.15) is 0 Å². The first-order chi connectivity index (χ1) is 9.34. The van der Waals surface area contributed by atoms with Crippen molar-refractivity contribution in [1.29, 1.82) is 0 Å². The number of rotatable bonds is 4. The van der Waals surface area contributed by atoms with Crippen LogP contribution in [0.25, 0.3) is 0 Å². The predicted molar refractivity (Wildman–Crippen MR) is 88.1 cm³/mol. The number of amides is 1. The van der Waals surface area contributed by atoms with Crippen molar-refractivity contribution in [3.63, 3.8) is 0 Å². The van der Waals surface area contributed by atoms with Crippen molar-refractivity contribution in [1.82, 2.24) is 10.6 Å². The number of unbranched alkanes of at least 4 members (excludes halogenated alkanes) is 1. The monoisotopic (exact) mass is 292 g/mol. The summed E-state index contributed by atoms with van der Waals surface area (Å²) in [7, 11) is 0. The van der Waals surface area contributed by atoms with Crippen LogP contribution < -0.4 is 10.6 Å². The van der Waals surface area contributed by atoms with Gasteiger partial charge in [-0.2, -0.15) is 0 Å². The van der Waals surface area contributed by atoms with E-state index in [0.717, 1.165) is 19.4 Å². The van der Waals surface area contributed by atoms with Gasteiger partial charge in [0.25, 0.3) is 5.91 Å². The van der Waals surface area contributed by atoms with Gasteiger partial charge in [-0.15, -0.1) is 0 Å². The van der Waals surface area contributed by atoms with E-state index in [4.69, 9.17) is 12.2 Å². The van der Waals surface area contributed by atoms with Crippen LogP contribution >= 0.6 is 12.2 Å². The molecule has 3 nitrogen and oxygen atoms in total. The Morgan fingerprint density at radius 1 is 1.20 bits per heavy atom. The highest BCUT2D eigenvalue weighted by Gasteiger charge is 2.14. The summed E-state index contributed by atoms with van der Waals surface area (Å²) in [6.45, 7) is 9.34. The Morgan fingerprint density at radius 3 is 2.30 bits per heavy atom. The zero-order valence-electron chi connectivity index (χ0n) is 12.7. The largest absolute Gasteiger partial charge is 0.362 e. The third-order valence-electron chi connectivity index (χ3n) is 3.06. The van der Waals surface area contributed by atoms with E-state index in [2.05, 4.69) is 38.3 Å². The number of benzene rings is 1. The molecule has 2 N–H and O–H groups in total. The average molecular weight is 292 g/mol. The minimum atomic E-state index is -0.167. The Kier molecular flexibility index (Phi) is 6.14. The maximum absolute atomic E-state index is 12.0. The molecule has 1 amide bonds. The van der Waals surface area contributed by atoms with E-state index in [1.54, 1.807) is 0 Å². The second-order valence-corrected chi connectivity index (χ2v) is 6.30. The second-order valence-electron chi connectivity index (χ2n) is 5.89. The number of carbonyl (C=O) groups is 1. The summed E-state index contributed by atoms with van der Waals surface area (Å²) in [6, 6.07) is 7.65. The second kappa shape index (κ2) is 7.39. The van der Waals surface area contributed by atoms with Crippen LogP contribution in [0.3, 0.4) is 0 Å². The van der Waals surface area contributed by atoms with Gasteiger partial charge in [-0.25, -0.2) is 0 Å². The molecule has 0 atom stereocenters. The van der Waals surface area contributed by atoms with E-state index < -0.39 is 0 Å². The van der Waals surface area contributed by atoms with Crippen molar-refractivity contribution >= 4 is 23.2 Å². The molecule has 4 heteroatoms. The molecule has 0 bridgehead atoms. The van der Waals surface area contributed by atoms with Crippen LogP contribution in [0.1, 0.15) is 56.5 Å². The van der Waals surface area contributed by atoms with Gasteiger partial charge in [0.05, 0.1) is 0 Å². The summed E-state index contributed by atoms with van der Waals surface area (Å²) in [5, 5.41) is 6.11. The summed E-state index contributed by atoms with van der Waals surface area (Å²) in [4.78, 5) is 12.0. The van der Waals surface area contributed by atoms with E-state index in [9.17, 15) is 4.79 Å². The highest BCUT2D eigenvalue weighted by atomic mass is 32.1. The lowest BCUT2D eigenvalue weighted by molar-refractivity contribution is 0.0976. The Hall–Kier alpha value is -1.42. The van der Waals surface area contributed by atoms with Crippen molar-refractivity contribution in [3.8, 4) is 0 Å². The Labute approximate surface area is 127 Å². The lowest BCUT2D eigenvalue weighted by atomic mass is 9.87. The summed E-state index contributed by atoms with van der Waals surface area (Å²) in [5.41, 5.74) is 1.92. The van der Waals surface area contributed by atoms with Gasteiger partial charge >= 0.3 is 0 Å². The third-order valence-corrected chi connectivity index (χ3v) is 3.30. The molecule has 0 fully saturated rings. The fraction of sp³-hybridized carbons (Fsp3) is 0.500. The number of hydrogen-bond acceptors (Lipinski definition) is 2. The summed E-state index contributed by atoms with van der Waals surface area (Å²) in [5.74, 6) is -0.167. The van der Waals surface area contributed by atoms with Gasteiger partial charge in [0.15, 0.2) is 5.11 Å². The predicted octanol–water partition coefficient (Wildman–Crippen LogP) is 3.39. The van der Waals surface area contributed by atoms with Gasteiger partial charge in [0, 0.05) is 12.1 Å². The molecule has 0 aliphatic carbocycles. The van der Waals surface area contributed by atoms with Gasteiger partial charge < -0.3 is 5.32 Å². The molecule has 1 rings (SSSR count). The summed E-state index contributed by atoms with van der Waals surface area (Å²) < 4.78 is 0. The zero-order valence-corrected chi connectivity index (χ0v) is 13.6. The van der Waals surface area contributed by atoms with Crippen molar-refractivity contribution in [2.24, 2.45) is 0 Å². The molecular formula is C16H24N2OS. The fourth-order valence-corrected chi connectivity index (χ4v) is 1.91. The molecule has 0 saturated carbocycles. The minimum Gasteiger partial charge on any atom is -0.362 e. The van der Waals surface area contributed by atoms with Crippen LogP contribution in [0.4, 0.5) is 0 Å². The van der Waals surface area contributed by atoms with E-state index in [1.165, 1.54) is 5.56 Å². The summed E-state index contributed by atoms with van der Waals surface area (Å²) in [6.07, 6.45) is 2.13. The van der Waals surface area contributed by atoms with Gasteiger partial charge in [0.2, 0.25) is 0 Å². The van der Waals surface area contributed by atoms with Gasteiger partial charge in [-0.1, -0.05) is 46.2 Å². The maximum atomic E-state index is 12.0. The lowest BCUT2D eigenvalue weighted by Gasteiger charge is -2.19.